The van der Waals surface area contributed by atoms with Gasteiger partial charge in [0.05, 0.1) is 11.6 Å². The molecule has 0 aliphatic rings. The van der Waals surface area contributed by atoms with Gasteiger partial charge in [-0.2, -0.15) is 5.26 Å². The molecule has 0 radical (unpaired) electrons. The fourth-order valence-electron chi connectivity index (χ4n) is 1.35. The van der Waals surface area contributed by atoms with Gasteiger partial charge in [0.2, 0.25) is 0 Å². The average molecular weight is 239 g/mol. The fourth-order valence-corrected chi connectivity index (χ4v) is 1.97. The van der Waals surface area contributed by atoms with E-state index in [0.29, 0.717) is 11.1 Å². The van der Waals surface area contributed by atoms with E-state index in [1.807, 2.05) is 23.6 Å². The van der Waals surface area contributed by atoms with Gasteiger partial charge in [-0.15, -0.1) is 11.3 Å². The van der Waals surface area contributed by atoms with Crippen molar-refractivity contribution in [3.8, 4) is 6.07 Å². The zero-order chi connectivity index (χ0) is 12.1. The molecule has 0 saturated heterocycles. The molecule has 2 nitrogen and oxygen atoms in total. The van der Waals surface area contributed by atoms with Gasteiger partial charge in [0.25, 0.3) is 0 Å². The molecule has 17 heavy (non-hydrogen) atoms. The van der Waals surface area contributed by atoms with E-state index in [-0.39, 0.29) is 5.78 Å². The Kier molecular flexibility index (Phi) is 3.49. The van der Waals surface area contributed by atoms with Crippen LogP contribution in [0.2, 0.25) is 0 Å². The van der Waals surface area contributed by atoms with Gasteiger partial charge in [0, 0.05) is 10.4 Å². The Morgan fingerprint density at radius 3 is 2.59 bits per heavy atom. The molecule has 0 amide bonds. The van der Waals surface area contributed by atoms with Gasteiger partial charge < -0.3 is 0 Å². The molecule has 0 spiro atoms. The second kappa shape index (κ2) is 5.24. The molecule has 0 unspecified atom stereocenters. The number of carbonyl (C=O) groups is 1. The monoisotopic (exact) mass is 239 g/mol. The maximum absolute atomic E-state index is 11.8. The van der Waals surface area contributed by atoms with Gasteiger partial charge in [-0.1, -0.05) is 6.07 Å². The van der Waals surface area contributed by atoms with Crippen molar-refractivity contribution in [3.63, 3.8) is 0 Å². The molecule has 0 aliphatic carbocycles. The lowest BCUT2D eigenvalue weighted by Gasteiger charge is -1.95. The Balaban J connectivity index is 2.12. The number of hydrogen-bond donors (Lipinski definition) is 0. The summed E-state index contributed by atoms with van der Waals surface area (Å²) in [6.45, 7) is 0. The van der Waals surface area contributed by atoms with Crippen LogP contribution in [0.5, 0.6) is 0 Å². The van der Waals surface area contributed by atoms with Crippen LogP contribution in [0.25, 0.3) is 6.08 Å². The first-order valence-electron chi connectivity index (χ1n) is 5.05. The molecule has 2 aromatic rings. The third-order valence-electron chi connectivity index (χ3n) is 2.24. The van der Waals surface area contributed by atoms with Gasteiger partial charge in [-0.25, -0.2) is 0 Å². The zero-order valence-corrected chi connectivity index (χ0v) is 9.78. The van der Waals surface area contributed by atoms with Crippen LogP contribution in [0.3, 0.4) is 0 Å². The van der Waals surface area contributed by atoms with Gasteiger partial charge in [-0.05, 0) is 47.9 Å². The molecule has 0 aliphatic heterocycles. The first kappa shape index (κ1) is 11.3. The van der Waals surface area contributed by atoms with Crippen LogP contribution < -0.4 is 0 Å². The summed E-state index contributed by atoms with van der Waals surface area (Å²) in [4.78, 5) is 12.8. The van der Waals surface area contributed by atoms with Crippen LogP contribution >= 0.6 is 11.3 Å². The van der Waals surface area contributed by atoms with E-state index in [2.05, 4.69) is 0 Å². The summed E-state index contributed by atoms with van der Waals surface area (Å²) in [6, 6.07) is 12.5. The standard InChI is InChI=1S/C14H9NOS/c15-10-11-3-5-12(6-4-11)14(16)8-7-13-2-1-9-17-13/h1-9H/b8-7+. The lowest BCUT2D eigenvalue weighted by molar-refractivity contribution is 0.104. The minimum absolute atomic E-state index is 0.0529. The van der Waals surface area contributed by atoms with Crippen molar-refractivity contribution in [2.75, 3.05) is 0 Å². The maximum atomic E-state index is 11.8. The topological polar surface area (TPSA) is 40.9 Å². The smallest absolute Gasteiger partial charge is 0.185 e. The first-order chi connectivity index (χ1) is 8.29. The average Bonchev–Trinajstić information content (AvgIpc) is 2.89. The summed E-state index contributed by atoms with van der Waals surface area (Å²) in [5.74, 6) is -0.0529. The number of benzene rings is 1. The van der Waals surface area contributed by atoms with Crippen molar-refractivity contribution >= 4 is 23.2 Å². The largest absolute Gasteiger partial charge is 0.289 e. The number of thiophene rings is 1. The Morgan fingerprint density at radius 2 is 2.00 bits per heavy atom. The highest BCUT2D eigenvalue weighted by atomic mass is 32.1. The fraction of sp³-hybridized carbons (Fsp3) is 0. The molecule has 2 rings (SSSR count). The van der Waals surface area contributed by atoms with E-state index in [4.69, 9.17) is 5.26 Å². The molecule has 1 aromatic carbocycles. The maximum Gasteiger partial charge on any atom is 0.185 e. The molecule has 1 heterocycles. The van der Waals surface area contributed by atoms with E-state index in [9.17, 15) is 4.79 Å². The van der Waals surface area contributed by atoms with Crippen LogP contribution in [0.15, 0.2) is 47.9 Å². The normalized spacial score (nSPS) is 10.3. The predicted octanol–water partition coefficient (Wildman–Crippen LogP) is 3.52. The number of nitrogens with zero attached hydrogens (tertiary/aromatic N) is 1. The van der Waals surface area contributed by atoms with E-state index in [1.165, 1.54) is 0 Å². The van der Waals surface area contributed by atoms with Crippen molar-refractivity contribution < 1.29 is 4.79 Å². The Hall–Kier alpha value is -2.18. The van der Waals surface area contributed by atoms with Crippen LogP contribution in [0.1, 0.15) is 20.8 Å². The van der Waals surface area contributed by atoms with Crippen molar-refractivity contribution in [1.29, 1.82) is 5.26 Å². The molecule has 0 saturated carbocycles. The summed E-state index contributed by atoms with van der Waals surface area (Å²) in [5, 5.41) is 10.6. The number of ketones is 1. The highest BCUT2D eigenvalue weighted by Gasteiger charge is 2.01. The van der Waals surface area contributed by atoms with Crippen molar-refractivity contribution in [2.45, 2.75) is 0 Å². The van der Waals surface area contributed by atoms with Crippen molar-refractivity contribution in [2.24, 2.45) is 0 Å². The van der Waals surface area contributed by atoms with Gasteiger partial charge in [0.15, 0.2) is 5.78 Å². The van der Waals surface area contributed by atoms with Gasteiger partial charge >= 0.3 is 0 Å². The Morgan fingerprint density at radius 1 is 1.24 bits per heavy atom. The second-order valence-electron chi connectivity index (χ2n) is 3.40. The SMILES string of the molecule is N#Cc1ccc(C(=O)/C=C/c2cccs2)cc1. The number of allylic oxidation sites excluding steroid dienone is 1. The lowest BCUT2D eigenvalue weighted by atomic mass is 10.1. The van der Waals surface area contributed by atoms with Gasteiger partial charge in [-0.3, -0.25) is 4.79 Å². The third kappa shape index (κ3) is 2.90. The highest BCUT2D eigenvalue weighted by molar-refractivity contribution is 7.10. The lowest BCUT2D eigenvalue weighted by Crippen LogP contribution is -1.93. The molecule has 0 N–H and O–H groups in total. The third-order valence-corrected chi connectivity index (χ3v) is 3.08. The minimum atomic E-state index is -0.0529. The van der Waals surface area contributed by atoms with Gasteiger partial charge in [0.1, 0.15) is 0 Å². The molecule has 82 valence electrons. The summed E-state index contributed by atoms with van der Waals surface area (Å²) >= 11 is 1.58. The van der Waals surface area contributed by atoms with E-state index in [1.54, 1.807) is 47.8 Å². The van der Waals surface area contributed by atoms with Crippen LogP contribution in [0.4, 0.5) is 0 Å². The number of carbonyl (C=O) groups excluding carboxylic acids is 1. The predicted molar refractivity (Wildman–Crippen MR) is 68.8 cm³/mol. The number of hydrogen-bond acceptors (Lipinski definition) is 3. The van der Waals surface area contributed by atoms with E-state index >= 15 is 0 Å². The minimum Gasteiger partial charge on any atom is -0.289 e. The molecule has 1 aromatic heterocycles. The van der Waals surface area contributed by atoms with Crippen molar-refractivity contribution in [3.05, 3.63) is 63.9 Å². The summed E-state index contributed by atoms with van der Waals surface area (Å²) in [6.07, 6.45) is 3.35. The highest BCUT2D eigenvalue weighted by Crippen LogP contribution is 2.11. The van der Waals surface area contributed by atoms with Crippen LogP contribution in [-0.2, 0) is 0 Å². The first-order valence-corrected chi connectivity index (χ1v) is 5.93. The second-order valence-corrected chi connectivity index (χ2v) is 4.38. The molecule has 0 fully saturated rings. The van der Waals surface area contributed by atoms with Crippen LogP contribution in [0, 0.1) is 11.3 Å². The summed E-state index contributed by atoms with van der Waals surface area (Å²) in [7, 11) is 0. The summed E-state index contributed by atoms with van der Waals surface area (Å²) in [5.41, 5.74) is 1.15. The Labute approximate surface area is 103 Å². The van der Waals surface area contributed by atoms with Crippen molar-refractivity contribution in [1.82, 2.24) is 0 Å². The quantitative estimate of drug-likeness (QED) is 0.607. The van der Waals surface area contributed by atoms with E-state index < -0.39 is 0 Å². The molecule has 3 heteroatoms. The number of rotatable bonds is 3. The molecule has 0 bridgehead atoms. The van der Waals surface area contributed by atoms with E-state index in [0.717, 1.165) is 4.88 Å². The molecular formula is C14H9NOS. The zero-order valence-electron chi connectivity index (χ0n) is 8.96. The van der Waals surface area contributed by atoms with Crippen LogP contribution in [-0.4, -0.2) is 5.78 Å². The number of nitriles is 1. The molecular weight excluding hydrogens is 230 g/mol. The molecule has 0 atom stereocenters. The Bertz CT molecular complexity index is 574. The summed E-state index contributed by atoms with van der Waals surface area (Å²) < 4.78 is 0.